The zero-order valence-corrected chi connectivity index (χ0v) is 16.1. The first-order chi connectivity index (χ1) is 13.1. The fourth-order valence-electron chi connectivity index (χ4n) is 2.73. The second-order valence-electron chi connectivity index (χ2n) is 5.77. The molecule has 0 aliphatic heterocycles. The second kappa shape index (κ2) is 7.23. The molecule has 4 aromatic rings. The fourth-order valence-corrected chi connectivity index (χ4v) is 3.63. The number of hydrogen-bond donors (Lipinski definition) is 1. The van der Waals surface area contributed by atoms with E-state index >= 15 is 0 Å². The van der Waals surface area contributed by atoms with Crippen LogP contribution in [0.2, 0.25) is 0 Å². The van der Waals surface area contributed by atoms with E-state index in [1.807, 2.05) is 48.5 Å². The van der Waals surface area contributed by atoms with Crippen LogP contribution >= 0.6 is 22.6 Å². The van der Waals surface area contributed by atoms with E-state index in [4.69, 9.17) is 0 Å². The molecule has 7 nitrogen and oxygen atoms in total. The van der Waals surface area contributed by atoms with Crippen molar-refractivity contribution in [1.82, 2.24) is 15.4 Å². The van der Waals surface area contributed by atoms with Crippen LogP contribution in [0.4, 0.5) is 5.69 Å². The number of nitro benzene ring substituents is 1. The summed E-state index contributed by atoms with van der Waals surface area (Å²) in [6, 6.07) is 22.1. The molecular weight excluding hydrogens is 457 g/mol. The first kappa shape index (κ1) is 17.3. The Balaban J connectivity index is 1.72. The van der Waals surface area contributed by atoms with Gasteiger partial charge in [-0.05, 0) is 68.8 Å². The van der Waals surface area contributed by atoms with Crippen molar-refractivity contribution in [3.63, 3.8) is 0 Å². The minimum absolute atomic E-state index is 0.0713. The van der Waals surface area contributed by atoms with Crippen molar-refractivity contribution in [3.8, 4) is 28.2 Å². The Morgan fingerprint density at radius 3 is 2.37 bits per heavy atom. The molecule has 132 valence electrons. The van der Waals surface area contributed by atoms with Gasteiger partial charge in [-0.1, -0.05) is 30.3 Å². The maximum Gasteiger partial charge on any atom is 0.313 e. The Kier molecular flexibility index (Phi) is 4.63. The molecule has 0 saturated carbocycles. The summed E-state index contributed by atoms with van der Waals surface area (Å²) in [4.78, 5) is 12.1. The smallest absolute Gasteiger partial charge is 0.258 e. The highest BCUT2D eigenvalue weighted by molar-refractivity contribution is 14.1. The number of benzene rings is 3. The van der Waals surface area contributed by atoms with Gasteiger partial charge in [0.15, 0.2) is 10.9 Å². The average Bonchev–Trinajstić information content (AvgIpc) is 3.19. The van der Waals surface area contributed by atoms with Crippen LogP contribution in [0.5, 0.6) is 0 Å². The van der Waals surface area contributed by atoms with E-state index in [1.54, 1.807) is 16.9 Å². The van der Waals surface area contributed by atoms with Crippen LogP contribution in [0.3, 0.4) is 0 Å². The molecule has 1 N–H and O–H groups in total. The third-order valence-corrected chi connectivity index (χ3v) is 5.22. The Bertz CT molecular complexity index is 1110. The summed E-state index contributed by atoms with van der Waals surface area (Å²) in [6.45, 7) is 0. The summed E-state index contributed by atoms with van der Waals surface area (Å²) in [5.74, 6) is 0.673. The van der Waals surface area contributed by atoms with E-state index in [0.29, 0.717) is 5.82 Å². The standard InChI is InChI=1S/C19H12IN5O2/c20-18-16(13-9-11-15(12-10-13)25(26)27)7-4-8-17(18)24-22-19(21-23-24)14-5-2-1-3-6-14/h1-12H/p+1. The number of non-ortho nitro benzene ring substituents is 1. The summed E-state index contributed by atoms with van der Waals surface area (Å²) in [5.41, 5.74) is 3.73. The highest BCUT2D eigenvalue weighted by Crippen LogP contribution is 2.29. The fraction of sp³-hybridized carbons (Fsp3) is 0. The molecule has 0 bridgehead atoms. The number of H-pyrrole nitrogens is 1. The number of nitrogens with one attached hydrogen (secondary N) is 1. The molecule has 0 spiro atoms. The summed E-state index contributed by atoms with van der Waals surface area (Å²) in [7, 11) is 0. The maximum absolute atomic E-state index is 10.9. The van der Waals surface area contributed by atoms with E-state index < -0.39 is 4.92 Å². The van der Waals surface area contributed by atoms with Gasteiger partial charge in [0.05, 0.1) is 13.6 Å². The largest absolute Gasteiger partial charge is 0.313 e. The molecule has 0 radical (unpaired) electrons. The van der Waals surface area contributed by atoms with Crippen LogP contribution < -0.4 is 4.80 Å². The topological polar surface area (TPSA) is 88.6 Å². The van der Waals surface area contributed by atoms with Gasteiger partial charge < -0.3 is 0 Å². The zero-order valence-electron chi connectivity index (χ0n) is 13.9. The lowest BCUT2D eigenvalue weighted by Gasteiger charge is -2.06. The third kappa shape index (κ3) is 3.43. The van der Waals surface area contributed by atoms with Crippen LogP contribution in [0.25, 0.3) is 28.2 Å². The summed E-state index contributed by atoms with van der Waals surface area (Å²) >= 11 is 2.25. The van der Waals surface area contributed by atoms with Gasteiger partial charge in [0.1, 0.15) is 0 Å². The van der Waals surface area contributed by atoms with Crippen molar-refractivity contribution >= 4 is 28.3 Å². The SMILES string of the molecule is O=[N+]([O-])c1ccc(-c2cccc(-[n+]3nnc(-c4ccccc4)[nH]3)c2I)cc1. The van der Waals surface area contributed by atoms with Crippen molar-refractivity contribution in [2.75, 3.05) is 0 Å². The van der Waals surface area contributed by atoms with Crippen molar-refractivity contribution in [3.05, 3.63) is 86.5 Å². The summed E-state index contributed by atoms with van der Waals surface area (Å²) < 4.78 is 0.963. The molecule has 8 heteroatoms. The van der Waals surface area contributed by atoms with Gasteiger partial charge in [-0.25, -0.2) is 0 Å². The average molecular weight is 470 g/mol. The number of tetrazole rings is 1. The molecule has 3 aromatic carbocycles. The number of aromatic amines is 1. The lowest BCUT2D eigenvalue weighted by atomic mass is 10.0. The van der Waals surface area contributed by atoms with E-state index in [2.05, 4.69) is 38.0 Å². The molecule has 0 saturated heterocycles. The molecule has 0 amide bonds. The van der Waals surface area contributed by atoms with Gasteiger partial charge >= 0.3 is 5.82 Å². The highest BCUT2D eigenvalue weighted by atomic mass is 127. The van der Waals surface area contributed by atoms with Crippen LogP contribution in [-0.4, -0.2) is 20.3 Å². The van der Waals surface area contributed by atoms with Crippen LogP contribution in [0, 0.1) is 13.7 Å². The van der Waals surface area contributed by atoms with Crippen molar-refractivity contribution in [2.45, 2.75) is 0 Å². The van der Waals surface area contributed by atoms with Gasteiger partial charge in [-0.3, -0.25) is 10.1 Å². The lowest BCUT2D eigenvalue weighted by molar-refractivity contribution is -0.717. The molecule has 0 unspecified atom stereocenters. The maximum atomic E-state index is 10.9. The minimum atomic E-state index is -0.402. The highest BCUT2D eigenvalue weighted by Gasteiger charge is 2.19. The van der Waals surface area contributed by atoms with E-state index in [-0.39, 0.29) is 5.69 Å². The quantitative estimate of drug-likeness (QED) is 0.212. The van der Waals surface area contributed by atoms with Crippen molar-refractivity contribution in [2.24, 2.45) is 0 Å². The zero-order chi connectivity index (χ0) is 18.8. The van der Waals surface area contributed by atoms with Crippen LogP contribution in [0.15, 0.2) is 72.8 Å². The first-order valence-electron chi connectivity index (χ1n) is 8.07. The Labute approximate surface area is 168 Å². The molecule has 0 aliphatic carbocycles. The van der Waals surface area contributed by atoms with Crippen molar-refractivity contribution < 1.29 is 9.72 Å². The molecule has 1 aromatic heterocycles. The molecule has 4 rings (SSSR count). The molecule has 0 fully saturated rings. The molecule has 27 heavy (non-hydrogen) atoms. The van der Waals surface area contributed by atoms with Gasteiger partial charge in [-0.2, -0.15) is 5.10 Å². The molecule has 1 heterocycles. The van der Waals surface area contributed by atoms with Gasteiger partial charge in [-0.15, -0.1) is 0 Å². The van der Waals surface area contributed by atoms with Crippen LogP contribution in [0.1, 0.15) is 0 Å². The Morgan fingerprint density at radius 2 is 1.67 bits per heavy atom. The number of aromatic nitrogens is 4. The Morgan fingerprint density at radius 1 is 0.926 bits per heavy atom. The predicted molar refractivity (Wildman–Crippen MR) is 108 cm³/mol. The predicted octanol–water partition coefficient (Wildman–Crippen LogP) is 3.93. The monoisotopic (exact) mass is 470 g/mol. The van der Waals surface area contributed by atoms with E-state index in [9.17, 15) is 10.1 Å². The summed E-state index contributed by atoms with van der Waals surface area (Å²) in [6.07, 6.45) is 0. The number of nitro groups is 1. The van der Waals surface area contributed by atoms with Gasteiger partial charge in [0, 0.05) is 17.7 Å². The number of nitrogens with zero attached hydrogens (tertiary/aromatic N) is 4. The summed E-state index contributed by atoms with van der Waals surface area (Å²) in [5, 5.41) is 22.5. The van der Waals surface area contributed by atoms with Gasteiger partial charge in [0.25, 0.3) is 5.69 Å². The third-order valence-electron chi connectivity index (χ3n) is 4.09. The number of hydrogen-bond acceptors (Lipinski definition) is 4. The lowest BCUT2D eigenvalue weighted by Crippen LogP contribution is -2.37. The second-order valence-corrected chi connectivity index (χ2v) is 6.85. The Hall–Kier alpha value is -3.14. The van der Waals surface area contributed by atoms with E-state index in [1.165, 1.54) is 12.1 Å². The minimum Gasteiger partial charge on any atom is -0.258 e. The normalized spacial score (nSPS) is 10.7. The number of rotatable bonds is 4. The van der Waals surface area contributed by atoms with E-state index in [0.717, 1.165) is 25.9 Å². The molecule has 0 atom stereocenters. The molecular formula is C19H13IN5O2+. The van der Waals surface area contributed by atoms with Crippen molar-refractivity contribution in [1.29, 1.82) is 0 Å². The van der Waals surface area contributed by atoms with Gasteiger partial charge in [0.2, 0.25) is 0 Å². The number of halogens is 1. The molecule has 0 aliphatic rings. The van der Waals surface area contributed by atoms with Crippen LogP contribution in [-0.2, 0) is 0 Å². The first-order valence-corrected chi connectivity index (χ1v) is 9.15.